The number of ether oxygens (including phenoxy) is 1. The Morgan fingerprint density at radius 2 is 1.94 bits per heavy atom. The van der Waals surface area contributed by atoms with Gasteiger partial charge in [0.1, 0.15) is 18.1 Å². The summed E-state index contributed by atoms with van der Waals surface area (Å²) in [5.41, 5.74) is 8.35. The van der Waals surface area contributed by atoms with Crippen molar-refractivity contribution in [3.63, 3.8) is 0 Å². The van der Waals surface area contributed by atoms with Crippen LogP contribution in [0.3, 0.4) is 0 Å². The summed E-state index contributed by atoms with van der Waals surface area (Å²) in [5, 5.41) is 14.1. The number of fused-ring (bicyclic) bond motifs is 2. The maximum absolute atomic E-state index is 15.4. The van der Waals surface area contributed by atoms with E-state index in [2.05, 4.69) is 15.3 Å². The lowest BCUT2D eigenvalue weighted by Gasteiger charge is -2.41. The first kappa shape index (κ1) is 23.6. The van der Waals surface area contributed by atoms with Crippen molar-refractivity contribution in [3.05, 3.63) is 35.9 Å². The van der Waals surface area contributed by atoms with Gasteiger partial charge in [0.15, 0.2) is 5.82 Å². The fourth-order valence-corrected chi connectivity index (χ4v) is 4.91. The van der Waals surface area contributed by atoms with E-state index in [0.717, 1.165) is 5.56 Å². The topological polar surface area (TPSA) is 134 Å². The molecule has 11 heteroatoms. The molecule has 0 saturated heterocycles. The second-order valence-electron chi connectivity index (χ2n) is 9.38. The number of benzene rings is 1. The third-order valence-electron chi connectivity index (χ3n) is 6.94. The number of nitrogens with one attached hydrogen (secondary N) is 1. The van der Waals surface area contributed by atoms with Crippen LogP contribution >= 0.6 is 0 Å². The van der Waals surface area contributed by atoms with Crippen LogP contribution in [0.5, 0.6) is 5.88 Å². The number of aromatic nitrogens is 2. The molecule has 1 aliphatic heterocycles. The number of carbonyl (C=O) groups is 2. The van der Waals surface area contributed by atoms with Gasteiger partial charge in [0.25, 0.3) is 0 Å². The molecule has 5 rings (SSSR count). The van der Waals surface area contributed by atoms with Crippen molar-refractivity contribution in [2.45, 2.75) is 25.8 Å². The van der Waals surface area contributed by atoms with E-state index < -0.39 is 11.9 Å². The summed E-state index contributed by atoms with van der Waals surface area (Å²) in [4.78, 5) is 35.7. The first-order valence-electron chi connectivity index (χ1n) is 11.6. The standard InChI is InChI=1S/C25H27FN6O4/c1-12-17(10-30-23-22(12)28-4-5-36-23)16-8-13-9-19(29-11-18(13)21(27)20(16)26)32(25(34)35)15-6-14(7-15)24(33)31(2)3/h8-11,14-15,28H,4-7,27H2,1-3H3,(H,34,35). The zero-order valence-electron chi connectivity index (χ0n) is 20.2. The van der Waals surface area contributed by atoms with Gasteiger partial charge in [-0.1, -0.05) is 0 Å². The average molecular weight is 495 g/mol. The van der Waals surface area contributed by atoms with Crippen molar-refractivity contribution < 1.29 is 23.8 Å². The maximum atomic E-state index is 15.4. The van der Waals surface area contributed by atoms with Crippen LogP contribution in [-0.2, 0) is 4.79 Å². The number of nitrogen functional groups attached to an aromatic ring is 1. The summed E-state index contributed by atoms with van der Waals surface area (Å²) in [6, 6.07) is 2.84. The van der Waals surface area contributed by atoms with Gasteiger partial charge in [-0.25, -0.2) is 19.2 Å². The molecule has 1 fully saturated rings. The van der Waals surface area contributed by atoms with Crippen LogP contribution in [0.1, 0.15) is 18.4 Å². The molecule has 1 aliphatic carbocycles. The Bertz CT molecular complexity index is 1390. The smallest absolute Gasteiger partial charge is 0.413 e. The van der Waals surface area contributed by atoms with Crippen molar-refractivity contribution in [2.24, 2.45) is 5.92 Å². The van der Waals surface area contributed by atoms with Gasteiger partial charge in [-0.05, 0) is 42.8 Å². The van der Waals surface area contributed by atoms with Crippen LogP contribution in [0.25, 0.3) is 21.9 Å². The quantitative estimate of drug-likeness (QED) is 0.470. The zero-order chi connectivity index (χ0) is 25.7. The van der Waals surface area contributed by atoms with E-state index in [-0.39, 0.29) is 34.9 Å². The molecule has 0 radical (unpaired) electrons. The molecular formula is C25H27FN6O4. The van der Waals surface area contributed by atoms with Gasteiger partial charge in [-0.15, -0.1) is 0 Å². The highest BCUT2D eigenvalue weighted by atomic mass is 19.1. The Labute approximate surface area is 206 Å². The third kappa shape index (κ3) is 3.80. The fourth-order valence-electron chi connectivity index (χ4n) is 4.91. The van der Waals surface area contributed by atoms with Gasteiger partial charge in [0.05, 0.1) is 5.69 Å². The fraction of sp³-hybridized carbons (Fsp3) is 0.360. The Balaban J connectivity index is 1.54. The second-order valence-corrected chi connectivity index (χ2v) is 9.38. The van der Waals surface area contributed by atoms with Crippen LogP contribution in [0.2, 0.25) is 0 Å². The normalized spacial score (nSPS) is 18.4. The number of halogens is 1. The summed E-state index contributed by atoms with van der Waals surface area (Å²) in [6.07, 6.45) is 2.59. The molecule has 4 N–H and O–H groups in total. The number of rotatable bonds is 4. The van der Waals surface area contributed by atoms with Crippen LogP contribution in [0.15, 0.2) is 24.5 Å². The number of carboxylic acid groups (broad SMARTS) is 1. The SMILES string of the molecule is Cc1c(-c2cc3cc(N(C(=O)O)C4CC(C(=O)N(C)C)C4)ncc3c(N)c2F)cnc2c1NCCO2. The summed E-state index contributed by atoms with van der Waals surface area (Å²) >= 11 is 0. The minimum atomic E-state index is -1.17. The molecule has 188 valence electrons. The lowest BCUT2D eigenvalue weighted by molar-refractivity contribution is -0.136. The average Bonchev–Trinajstić information content (AvgIpc) is 2.83. The molecule has 3 aromatic rings. The number of nitrogens with two attached hydrogens (primary N) is 1. The Hall–Kier alpha value is -4.15. The molecule has 3 heterocycles. The molecule has 2 aromatic heterocycles. The first-order valence-corrected chi connectivity index (χ1v) is 11.6. The van der Waals surface area contributed by atoms with Crippen LogP contribution in [-0.4, -0.2) is 65.3 Å². The molecule has 10 nitrogen and oxygen atoms in total. The number of hydrogen-bond donors (Lipinski definition) is 3. The summed E-state index contributed by atoms with van der Waals surface area (Å²) in [7, 11) is 3.36. The van der Waals surface area contributed by atoms with E-state index >= 15 is 4.39 Å². The van der Waals surface area contributed by atoms with Gasteiger partial charge in [0, 0.05) is 61.5 Å². The van der Waals surface area contributed by atoms with Crippen molar-refractivity contribution >= 4 is 40.0 Å². The molecule has 0 spiro atoms. The zero-order valence-corrected chi connectivity index (χ0v) is 20.2. The number of hydrogen-bond acceptors (Lipinski definition) is 7. The molecule has 2 aliphatic rings. The minimum absolute atomic E-state index is 0.0233. The van der Waals surface area contributed by atoms with E-state index in [1.54, 1.807) is 32.4 Å². The largest absolute Gasteiger partial charge is 0.474 e. The summed E-state index contributed by atoms with van der Waals surface area (Å²) in [6.45, 7) is 2.96. The van der Waals surface area contributed by atoms with Crippen molar-refractivity contribution in [1.29, 1.82) is 0 Å². The number of anilines is 3. The molecule has 36 heavy (non-hydrogen) atoms. The number of pyridine rings is 2. The van der Waals surface area contributed by atoms with Gasteiger partial charge in [0.2, 0.25) is 11.8 Å². The first-order chi connectivity index (χ1) is 17.2. The van der Waals surface area contributed by atoms with Crippen LogP contribution in [0, 0.1) is 18.7 Å². The molecule has 0 unspecified atom stereocenters. The lowest BCUT2D eigenvalue weighted by atomic mass is 9.78. The maximum Gasteiger partial charge on any atom is 0.413 e. The highest BCUT2D eigenvalue weighted by molar-refractivity contribution is 6.00. The molecule has 1 aromatic carbocycles. The van der Waals surface area contributed by atoms with Crippen molar-refractivity contribution in [1.82, 2.24) is 14.9 Å². The van der Waals surface area contributed by atoms with Gasteiger partial charge in [-0.2, -0.15) is 0 Å². The monoisotopic (exact) mass is 494 g/mol. The third-order valence-corrected chi connectivity index (χ3v) is 6.94. The summed E-state index contributed by atoms with van der Waals surface area (Å²) < 4.78 is 21.0. The number of nitrogens with zero attached hydrogens (tertiary/aromatic N) is 4. The summed E-state index contributed by atoms with van der Waals surface area (Å²) in [5.74, 6) is -0.182. The van der Waals surface area contributed by atoms with E-state index in [4.69, 9.17) is 10.5 Å². The predicted octanol–water partition coefficient (Wildman–Crippen LogP) is 3.48. The van der Waals surface area contributed by atoms with Crippen molar-refractivity contribution in [2.75, 3.05) is 43.2 Å². The van der Waals surface area contributed by atoms with E-state index in [1.165, 1.54) is 16.0 Å². The molecule has 0 atom stereocenters. The highest BCUT2D eigenvalue weighted by Gasteiger charge is 2.41. The van der Waals surface area contributed by atoms with Crippen LogP contribution < -0.4 is 20.7 Å². The van der Waals surface area contributed by atoms with Gasteiger partial charge >= 0.3 is 6.09 Å². The van der Waals surface area contributed by atoms with E-state index in [1.807, 2.05) is 6.92 Å². The van der Waals surface area contributed by atoms with Crippen molar-refractivity contribution in [3.8, 4) is 17.0 Å². The lowest BCUT2D eigenvalue weighted by Crippen LogP contribution is -2.51. The van der Waals surface area contributed by atoms with Crippen LogP contribution in [0.4, 0.5) is 26.4 Å². The molecule has 2 amide bonds. The van der Waals surface area contributed by atoms with Gasteiger partial charge < -0.3 is 25.8 Å². The Kier molecular flexibility index (Phi) is 5.77. The predicted molar refractivity (Wildman–Crippen MR) is 134 cm³/mol. The Morgan fingerprint density at radius 3 is 2.64 bits per heavy atom. The van der Waals surface area contributed by atoms with E-state index in [0.29, 0.717) is 53.9 Å². The minimum Gasteiger partial charge on any atom is -0.474 e. The number of amides is 2. The molecule has 1 saturated carbocycles. The second kappa shape index (κ2) is 8.81. The molecule has 0 bridgehead atoms. The number of carbonyl (C=O) groups excluding carboxylic acids is 1. The molecular weight excluding hydrogens is 467 g/mol. The highest BCUT2D eigenvalue weighted by Crippen LogP contribution is 2.41. The Morgan fingerprint density at radius 1 is 1.19 bits per heavy atom. The van der Waals surface area contributed by atoms with Gasteiger partial charge in [-0.3, -0.25) is 9.69 Å². The van der Waals surface area contributed by atoms with E-state index in [9.17, 15) is 14.7 Å².